The molecule has 0 saturated carbocycles. The van der Waals surface area contributed by atoms with Gasteiger partial charge in [-0.25, -0.2) is 0 Å². The Bertz CT molecular complexity index is 439. The fraction of sp³-hybridized carbons (Fsp3) is 0.667. The molecule has 0 radical (unpaired) electrons. The first-order valence-electron chi connectivity index (χ1n) is 8.57. The van der Waals surface area contributed by atoms with E-state index in [1.807, 2.05) is 18.2 Å². The quantitative estimate of drug-likeness (QED) is 0.733. The summed E-state index contributed by atoms with van der Waals surface area (Å²) < 4.78 is 5.67. The van der Waals surface area contributed by atoms with Crippen LogP contribution in [0.1, 0.15) is 32.3 Å². The highest BCUT2D eigenvalue weighted by molar-refractivity contribution is 5.28. The highest BCUT2D eigenvalue weighted by atomic mass is 16.5. The lowest BCUT2D eigenvalue weighted by Gasteiger charge is -2.23. The van der Waals surface area contributed by atoms with Gasteiger partial charge in [0.2, 0.25) is 0 Å². The molecule has 22 heavy (non-hydrogen) atoms. The zero-order valence-corrected chi connectivity index (χ0v) is 13.9. The Morgan fingerprint density at radius 2 is 2.27 bits per heavy atom. The van der Waals surface area contributed by atoms with Crippen LogP contribution in [0.25, 0.3) is 0 Å². The maximum Gasteiger partial charge on any atom is 0.119 e. The lowest BCUT2D eigenvalue weighted by molar-refractivity contribution is 0.104. The van der Waals surface area contributed by atoms with Crippen molar-refractivity contribution in [3.63, 3.8) is 0 Å². The summed E-state index contributed by atoms with van der Waals surface area (Å²) in [4.78, 5) is 2.51. The van der Waals surface area contributed by atoms with Crippen molar-refractivity contribution in [2.75, 3.05) is 32.8 Å². The van der Waals surface area contributed by atoms with Gasteiger partial charge in [-0.3, -0.25) is 4.90 Å². The molecule has 4 heteroatoms. The monoisotopic (exact) mass is 306 g/mol. The van der Waals surface area contributed by atoms with E-state index in [2.05, 4.69) is 30.1 Å². The molecule has 2 atom stereocenters. The maximum atomic E-state index is 10.0. The van der Waals surface area contributed by atoms with Gasteiger partial charge in [-0.1, -0.05) is 26.0 Å². The van der Waals surface area contributed by atoms with Crippen LogP contribution in [0, 0.1) is 0 Å². The van der Waals surface area contributed by atoms with Gasteiger partial charge in [0.25, 0.3) is 0 Å². The van der Waals surface area contributed by atoms with Crippen LogP contribution in [0.15, 0.2) is 24.3 Å². The predicted octanol–water partition coefficient (Wildman–Crippen LogP) is 2.06. The largest absolute Gasteiger partial charge is 0.491 e. The number of likely N-dealkylation sites (tertiary alicyclic amines) is 1. The molecule has 1 aliphatic heterocycles. The number of nitrogens with one attached hydrogen (secondary N) is 1. The topological polar surface area (TPSA) is 44.7 Å². The van der Waals surface area contributed by atoms with E-state index in [-0.39, 0.29) is 0 Å². The fourth-order valence-corrected chi connectivity index (χ4v) is 3.07. The van der Waals surface area contributed by atoms with Crippen LogP contribution in [0.4, 0.5) is 0 Å². The molecule has 0 aromatic heterocycles. The minimum atomic E-state index is -0.471. The van der Waals surface area contributed by atoms with Gasteiger partial charge in [-0.05, 0) is 50.0 Å². The molecule has 1 heterocycles. The summed E-state index contributed by atoms with van der Waals surface area (Å²) in [5.74, 6) is 0.839. The van der Waals surface area contributed by atoms with Crippen molar-refractivity contribution in [3.05, 3.63) is 29.8 Å². The van der Waals surface area contributed by atoms with E-state index in [4.69, 9.17) is 4.74 Å². The van der Waals surface area contributed by atoms with E-state index in [9.17, 15) is 5.11 Å². The molecule has 0 amide bonds. The number of likely N-dealkylation sites (N-methyl/N-ethyl adjacent to an activating group) is 1. The summed E-state index contributed by atoms with van der Waals surface area (Å²) >= 11 is 0. The average Bonchev–Trinajstić information content (AvgIpc) is 3.00. The summed E-state index contributed by atoms with van der Waals surface area (Å²) in [5, 5.41) is 13.4. The molecule has 1 aromatic carbocycles. The van der Waals surface area contributed by atoms with Crippen LogP contribution in [0.5, 0.6) is 5.75 Å². The molecule has 1 aliphatic rings. The Morgan fingerprint density at radius 3 is 3.05 bits per heavy atom. The van der Waals surface area contributed by atoms with Gasteiger partial charge < -0.3 is 15.2 Å². The number of rotatable bonds is 9. The molecule has 0 unspecified atom stereocenters. The third kappa shape index (κ3) is 5.27. The zero-order chi connectivity index (χ0) is 15.8. The highest BCUT2D eigenvalue weighted by Crippen LogP contribution is 2.16. The minimum absolute atomic E-state index is 0.336. The van der Waals surface area contributed by atoms with E-state index >= 15 is 0 Å². The van der Waals surface area contributed by atoms with Crippen LogP contribution in [0.2, 0.25) is 0 Å². The molecule has 1 fully saturated rings. The Balaban J connectivity index is 1.64. The van der Waals surface area contributed by atoms with Crippen molar-refractivity contribution in [3.8, 4) is 5.75 Å². The van der Waals surface area contributed by atoms with Crippen LogP contribution < -0.4 is 10.1 Å². The molecule has 0 spiro atoms. The maximum absolute atomic E-state index is 10.0. The van der Waals surface area contributed by atoms with Crippen LogP contribution in [-0.2, 0) is 6.42 Å². The van der Waals surface area contributed by atoms with E-state index in [1.54, 1.807) is 0 Å². The van der Waals surface area contributed by atoms with Gasteiger partial charge in [0, 0.05) is 19.1 Å². The van der Waals surface area contributed by atoms with Crippen LogP contribution in [0.3, 0.4) is 0 Å². The Morgan fingerprint density at radius 1 is 1.41 bits per heavy atom. The van der Waals surface area contributed by atoms with Gasteiger partial charge in [0.15, 0.2) is 0 Å². The predicted molar refractivity (Wildman–Crippen MR) is 90.5 cm³/mol. The Labute approximate surface area is 134 Å². The van der Waals surface area contributed by atoms with Crippen molar-refractivity contribution in [1.82, 2.24) is 10.2 Å². The van der Waals surface area contributed by atoms with Gasteiger partial charge in [-0.15, -0.1) is 0 Å². The van der Waals surface area contributed by atoms with Crippen molar-refractivity contribution >= 4 is 0 Å². The molecule has 0 bridgehead atoms. The zero-order valence-electron chi connectivity index (χ0n) is 13.9. The number of benzene rings is 1. The molecular weight excluding hydrogens is 276 g/mol. The summed E-state index contributed by atoms with van der Waals surface area (Å²) in [5.41, 5.74) is 1.26. The van der Waals surface area contributed by atoms with E-state index < -0.39 is 6.10 Å². The van der Waals surface area contributed by atoms with Gasteiger partial charge in [-0.2, -0.15) is 0 Å². The number of aliphatic hydroxyl groups excluding tert-OH is 1. The normalized spacial score (nSPS) is 20.2. The molecule has 2 N–H and O–H groups in total. The second kappa shape index (κ2) is 9.13. The number of hydrogen-bond acceptors (Lipinski definition) is 4. The lowest BCUT2D eigenvalue weighted by Crippen LogP contribution is -2.41. The summed E-state index contributed by atoms with van der Waals surface area (Å²) in [7, 11) is 0. The van der Waals surface area contributed by atoms with E-state index in [0.29, 0.717) is 19.2 Å². The third-order valence-corrected chi connectivity index (χ3v) is 4.41. The standard InChI is InChI=1S/C18H30N2O2/c1-3-15-7-5-9-18(11-15)22-14-17(21)13-19-12-16-8-6-10-20(16)4-2/h5,7,9,11,16-17,19,21H,3-4,6,8,10,12-14H2,1-2H3/t16-,17-/m0/s1. The van der Waals surface area contributed by atoms with Crippen molar-refractivity contribution < 1.29 is 9.84 Å². The van der Waals surface area contributed by atoms with Crippen molar-refractivity contribution in [2.45, 2.75) is 45.3 Å². The summed E-state index contributed by atoms with van der Waals surface area (Å²) in [6.07, 6.45) is 3.08. The number of hydrogen-bond donors (Lipinski definition) is 2. The first-order valence-corrected chi connectivity index (χ1v) is 8.57. The van der Waals surface area contributed by atoms with E-state index in [1.165, 1.54) is 24.9 Å². The summed E-state index contributed by atoms with van der Waals surface area (Å²) in [6.45, 7) is 8.54. The average molecular weight is 306 g/mol. The Kier molecular flexibility index (Phi) is 7.16. The number of nitrogens with zero attached hydrogens (tertiary/aromatic N) is 1. The SMILES string of the molecule is CCc1cccc(OC[C@@H](O)CNC[C@@H]2CCCN2CC)c1. The van der Waals surface area contributed by atoms with Gasteiger partial charge in [0.05, 0.1) is 0 Å². The van der Waals surface area contributed by atoms with Crippen LogP contribution in [-0.4, -0.2) is 54.9 Å². The van der Waals surface area contributed by atoms with Crippen LogP contribution >= 0.6 is 0 Å². The molecule has 0 aliphatic carbocycles. The summed E-state index contributed by atoms with van der Waals surface area (Å²) in [6, 6.07) is 8.69. The molecule has 1 aromatic rings. The number of ether oxygens (including phenoxy) is 1. The first-order chi connectivity index (χ1) is 10.7. The Hall–Kier alpha value is -1.10. The minimum Gasteiger partial charge on any atom is -0.491 e. The molecule has 1 saturated heterocycles. The van der Waals surface area contributed by atoms with Crippen molar-refractivity contribution in [2.24, 2.45) is 0 Å². The number of aryl methyl sites for hydroxylation is 1. The van der Waals surface area contributed by atoms with Gasteiger partial charge >= 0.3 is 0 Å². The smallest absolute Gasteiger partial charge is 0.119 e. The fourth-order valence-electron chi connectivity index (χ4n) is 3.07. The second-order valence-corrected chi connectivity index (χ2v) is 6.05. The molecule has 4 nitrogen and oxygen atoms in total. The number of aliphatic hydroxyl groups is 1. The van der Waals surface area contributed by atoms with E-state index in [0.717, 1.165) is 25.3 Å². The van der Waals surface area contributed by atoms with Crippen molar-refractivity contribution in [1.29, 1.82) is 0 Å². The molecular formula is C18H30N2O2. The van der Waals surface area contributed by atoms with Gasteiger partial charge in [0.1, 0.15) is 18.5 Å². The molecule has 2 rings (SSSR count). The lowest BCUT2D eigenvalue weighted by atomic mass is 10.2. The highest BCUT2D eigenvalue weighted by Gasteiger charge is 2.22. The first kappa shape index (κ1) is 17.3. The third-order valence-electron chi connectivity index (χ3n) is 4.41. The second-order valence-electron chi connectivity index (χ2n) is 6.05. The molecule has 124 valence electrons.